The highest BCUT2D eigenvalue weighted by atomic mass is 19.1. The van der Waals surface area contributed by atoms with Gasteiger partial charge >= 0.3 is 0 Å². The molecule has 0 atom stereocenters. The first-order valence-corrected chi connectivity index (χ1v) is 8.34. The van der Waals surface area contributed by atoms with Gasteiger partial charge in [0.05, 0.1) is 11.4 Å². The number of halogens is 1. The topological polar surface area (TPSA) is 71.1 Å². The normalized spacial score (nSPS) is 10.3. The van der Waals surface area contributed by atoms with Crippen LogP contribution in [0.5, 0.6) is 0 Å². The van der Waals surface area contributed by atoms with Crippen molar-refractivity contribution in [2.24, 2.45) is 0 Å². The molecule has 1 heterocycles. The number of rotatable bonds is 4. The summed E-state index contributed by atoms with van der Waals surface area (Å²) in [6.07, 6.45) is 1.50. The Bertz CT molecular complexity index is 1000. The van der Waals surface area contributed by atoms with E-state index in [0.717, 1.165) is 17.2 Å². The molecule has 2 N–H and O–H groups in total. The third kappa shape index (κ3) is 4.36. The number of amides is 2. The van der Waals surface area contributed by atoms with Gasteiger partial charge in [-0.2, -0.15) is 0 Å². The Morgan fingerprint density at radius 3 is 2.37 bits per heavy atom. The van der Waals surface area contributed by atoms with E-state index in [0.29, 0.717) is 5.56 Å². The van der Waals surface area contributed by atoms with Gasteiger partial charge in [0.25, 0.3) is 11.8 Å². The van der Waals surface area contributed by atoms with Gasteiger partial charge in [-0.15, -0.1) is 0 Å². The highest BCUT2D eigenvalue weighted by Crippen LogP contribution is 2.24. The van der Waals surface area contributed by atoms with E-state index >= 15 is 0 Å². The van der Waals surface area contributed by atoms with Crippen molar-refractivity contribution < 1.29 is 14.0 Å². The third-order valence-electron chi connectivity index (χ3n) is 4.00. The number of hydrogen-bond donors (Lipinski definition) is 2. The van der Waals surface area contributed by atoms with Gasteiger partial charge in [0.2, 0.25) is 0 Å². The van der Waals surface area contributed by atoms with Gasteiger partial charge in [-0.25, -0.2) is 4.39 Å². The minimum absolute atomic E-state index is 0.171. The molecule has 0 radical (unpaired) electrons. The van der Waals surface area contributed by atoms with E-state index in [2.05, 4.69) is 15.6 Å². The van der Waals surface area contributed by atoms with Crippen LogP contribution in [-0.2, 0) is 0 Å². The van der Waals surface area contributed by atoms with E-state index < -0.39 is 11.7 Å². The molecule has 0 aliphatic rings. The fraction of sp³-hybridized carbons (Fsp3) is 0.0952. The van der Waals surface area contributed by atoms with Crippen LogP contribution in [0.1, 0.15) is 32.0 Å². The molecule has 2 aromatic carbocycles. The van der Waals surface area contributed by atoms with Gasteiger partial charge in [-0.3, -0.25) is 14.6 Å². The van der Waals surface area contributed by atoms with E-state index in [1.54, 1.807) is 24.3 Å². The van der Waals surface area contributed by atoms with Gasteiger partial charge in [-0.1, -0.05) is 23.8 Å². The number of carbonyl (C=O) groups excluding carboxylic acids is 2. The number of pyridine rings is 1. The first kappa shape index (κ1) is 18.3. The van der Waals surface area contributed by atoms with Crippen LogP contribution in [0.25, 0.3) is 0 Å². The summed E-state index contributed by atoms with van der Waals surface area (Å²) in [5.74, 6) is -1.36. The minimum atomic E-state index is -0.526. The second kappa shape index (κ2) is 7.78. The monoisotopic (exact) mass is 363 g/mol. The Balaban J connectivity index is 1.86. The van der Waals surface area contributed by atoms with Crippen molar-refractivity contribution >= 4 is 23.2 Å². The minimum Gasteiger partial charge on any atom is -0.320 e. The second-order valence-corrected chi connectivity index (χ2v) is 6.13. The number of carbonyl (C=O) groups is 2. The van der Waals surface area contributed by atoms with Crippen molar-refractivity contribution in [1.29, 1.82) is 0 Å². The standard InChI is InChI=1S/C21H18FN3O2/c1-13-6-8-16(14(2)11-13)20(26)25-19-12-15(22)7-9-17(19)24-21(27)18-5-3-4-10-23-18/h3-12H,1-2H3,(H,24,27)(H,25,26). The summed E-state index contributed by atoms with van der Waals surface area (Å²) in [7, 11) is 0. The number of aromatic nitrogens is 1. The van der Waals surface area contributed by atoms with Crippen LogP contribution >= 0.6 is 0 Å². The SMILES string of the molecule is Cc1ccc(C(=O)Nc2cc(F)ccc2NC(=O)c2ccccn2)c(C)c1. The second-order valence-electron chi connectivity index (χ2n) is 6.13. The zero-order chi connectivity index (χ0) is 19.4. The van der Waals surface area contributed by atoms with E-state index in [1.807, 2.05) is 26.0 Å². The van der Waals surface area contributed by atoms with Gasteiger partial charge in [-0.05, 0) is 55.8 Å². The van der Waals surface area contributed by atoms with Crippen LogP contribution in [-0.4, -0.2) is 16.8 Å². The van der Waals surface area contributed by atoms with E-state index in [9.17, 15) is 14.0 Å². The number of anilines is 2. The van der Waals surface area contributed by atoms with Crippen LogP contribution in [0.3, 0.4) is 0 Å². The van der Waals surface area contributed by atoms with Gasteiger partial charge in [0.15, 0.2) is 0 Å². The molecule has 0 aliphatic heterocycles. The maximum absolute atomic E-state index is 13.7. The lowest BCUT2D eigenvalue weighted by atomic mass is 10.1. The molecule has 6 heteroatoms. The largest absolute Gasteiger partial charge is 0.320 e. The highest BCUT2D eigenvalue weighted by molar-refractivity contribution is 6.09. The Hall–Kier alpha value is -3.54. The zero-order valence-corrected chi connectivity index (χ0v) is 14.9. The third-order valence-corrected chi connectivity index (χ3v) is 4.00. The quantitative estimate of drug-likeness (QED) is 0.724. The predicted octanol–water partition coefficient (Wildman–Crippen LogP) is 4.34. The lowest BCUT2D eigenvalue weighted by molar-refractivity contribution is 0.101. The van der Waals surface area contributed by atoms with Gasteiger partial charge < -0.3 is 10.6 Å². The Labute approximate surface area is 156 Å². The fourth-order valence-electron chi connectivity index (χ4n) is 2.67. The van der Waals surface area contributed by atoms with Crippen molar-refractivity contribution in [3.8, 4) is 0 Å². The molecule has 3 rings (SSSR count). The molecule has 27 heavy (non-hydrogen) atoms. The fourth-order valence-corrected chi connectivity index (χ4v) is 2.67. The summed E-state index contributed by atoms with van der Waals surface area (Å²) in [6, 6.07) is 14.2. The summed E-state index contributed by atoms with van der Waals surface area (Å²) in [5.41, 5.74) is 3.00. The van der Waals surface area contributed by atoms with Crippen molar-refractivity contribution in [2.75, 3.05) is 10.6 Å². The zero-order valence-electron chi connectivity index (χ0n) is 14.9. The smallest absolute Gasteiger partial charge is 0.274 e. The van der Waals surface area contributed by atoms with Crippen LogP contribution in [0.15, 0.2) is 60.8 Å². The summed E-state index contributed by atoms with van der Waals surface area (Å²) < 4.78 is 13.7. The van der Waals surface area contributed by atoms with Crippen LogP contribution < -0.4 is 10.6 Å². The molecule has 0 unspecified atom stereocenters. The number of nitrogens with zero attached hydrogens (tertiary/aromatic N) is 1. The Kier molecular flexibility index (Phi) is 5.26. The van der Waals surface area contributed by atoms with E-state index in [1.165, 1.54) is 18.3 Å². The van der Waals surface area contributed by atoms with Crippen molar-refractivity contribution in [2.45, 2.75) is 13.8 Å². The Morgan fingerprint density at radius 1 is 0.889 bits per heavy atom. The summed E-state index contributed by atoms with van der Waals surface area (Å²) >= 11 is 0. The first-order valence-electron chi connectivity index (χ1n) is 8.34. The molecule has 5 nitrogen and oxygen atoms in total. The molecule has 0 aliphatic carbocycles. The van der Waals surface area contributed by atoms with Crippen LogP contribution in [0.4, 0.5) is 15.8 Å². The highest BCUT2D eigenvalue weighted by Gasteiger charge is 2.15. The lowest BCUT2D eigenvalue weighted by Gasteiger charge is -2.13. The number of aryl methyl sites for hydroxylation is 2. The van der Waals surface area contributed by atoms with Gasteiger partial charge in [0, 0.05) is 11.8 Å². The molecule has 0 saturated carbocycles. The van der Waals surface area contributed by atoms with E-state index in [-0.39, 0.29) is 23.0 Å². The van der Waals surface area contributed by atoms with Crippen LogP contribution in [0.2, 0.25) is 0 Å². The molecule has 0 fully saturated rings. The number of hydrogen-bond acceptors (Lipinski definition) is 3. The molecule has 3 aromatic rings. The molecule has 0 bridgehead atoms. The molecular formula is C21H18FN3O2. The molecule has 136 valence electrons. The summed E-state index contributed by atoms with van der Waals surface area (Å²) in [6.45, 7) is 3.77. The average Bonchev–Trinajstić information content (AvgIpc) is 2.64. The number of benzene rings is 2. The molecule has 1 aromatic heterocycles. The maximum Gasteiger partial charge on any atom is 0.274 e. The summed E-state index contributed by atoms with van der Waals surface area (Å²) in [5, 5.41) is 5.32. The Morgan fingerprint density at radius 2 is 1.67 bits per heavy atom. The predicted molar refractivity (Wildman–Crippen MR) is 102 cm³/mol. The van der Waals surface area contributed by atoms with Crippen molar-refractivity contribution in [1.82, 2.24) is 4.98 Å². The molecule has 0 spiro atoms. The van der Waals surface area contributed by atoms with Gasteiger partial charge in [0.1, 0.15) is 11.5 Å². The maximum atomic E-state index is 13.7. The molecular weight excluding hydrogens is 345 g/mol. The van der Waals surface area contributed by atoms with Crippen molar-refractivity contribution in [3.63, 3.8) is 0 Å². The summed E-state index contributed by atoms with van der Waals surface area (Å²) in [4.78, 5) is 28.9. The average molecular weight is 363 g/mol. The van der Waals surface area contributed by atoms with Crippen LogP contribution in [0, 0.1) is 19.7 Å². The van der Waals surface area contributed by atoms with Crippen molar-refractivity contribution in [3.05, 3.63) is 89.0 Å². The van der Waals surface area contributed by atoms with E-state index in [4.69, 9.17) is 0 Å². The number of nitrogens with one attached hydrogen (secondary N) is 2. The lowest BCUT2D eigenvalue weighted by Crippen LogP contribution is -2.18. The molecule has 0 saturated heterocycles. The first-order chi connectivity index (χ1) is 12.9. The molecule has 2 amide bonds.